The van der Waals surface area contributed by atoms with Crippen molar-refractivity contribution in [2.75, 3.05) is 18.4 Å². The molecule has 0 saturated carbocycles. The van der Waals surface area contributed by atoms with Gasteiger partial charge in [0.1, 0.15) is 0 Å². The Bertz CT molecular complexity index is 442. The number of carbonyl (C=O) groups excluding carboxylic acids is 1. The quantitative estimate of drug-likeness (QED) is 0.886. The van der Waals surface area contributed by atoms with Crippen molar-refractivity contribution < 1.29 is 4.79 Å². The van der Waals surface area contributed by atoms with Gasteiger partial charge in [-0.25, -0.2) is 0 Å². The number of nitrogens with one attached hydrogen (secondary N) is 1. The third-order valence-corrected chi connectivity index (χ3v) is 3.79. The molecule has 0 aromatic heterocycles. The Labute approximate surface area is 109 Å². The highest BCUT2D eigenvalue weighted by molar-refractivity contribution is 5.95. The zero-order valence-corrected chi connectivity index (χ0v) is 11.5. The Morgan fingerprint density at radius 3 is 2.89 bits per heavy atom. The summed E-state index contributed by atoms with van der Waals surface area (Å²) in [6.45, 7) is 8.00. The van der Waals surface area contributed by atoms with E-state index in [2.05, 4.69) is 25.2 Å². The number of fused-ring (bicyclic) bond motifs is 1. The van der Waals surface area contributed by atoms with Gasteiger partial charge in [-0.3, -0.25) is 4.79 Å². The fourth-order valence-corrected chi connectivity index (χ4v) is 2.47. The number of hydrogen-bond donors (Lipinski definition) is 1. The van der Waals surface area contributed by atoms with Crippen LogP contribution in [0.2, 0.25) is 0 Å². The summed E-state index contributed by atoms with van der Waals surface area (Å²) in [5.74, 6) is 0.142. The molecule has 1 N–H and O–H groups in total. The van der Waals surface area contributed by atoms with Gasteiger partial charge >= 0.3 is 0 Å². The van der Waals surface area contributed by atoms with E-state index in [9.17, 15) is 4.79 Å². The van der Waals surface area contributed by atoms with Crippen LogP contribution in [0.4, 0.5) is 5.69 Å². The van der Waals surface area contributed by atoms with Crippen LogP contribution in [0, 0.1) is 0 Å². The number of anilines is 1. The van der Waals surface area contributed by atoms with E-state index < -0.39 is 0 Å². The lowest BCUT2D eigenvalue weighted by Gasteiger charge is -2.27. The van der Waals surface area contributed by atoms with E-state index in [1.54, 1.807) is 0 Å². The van der Waals surface area contributed by atoms with Crippen molar-refractivity contribution in [1.82, 2.24) is 4.90 Å². The third-order valence-electron chi connectivity index (χ3n) is 3.79. The van der Waals surface area contributed by atoms with Gasteiger partial charge in [0.05, 0.1) is 0 Å². The van der Waals surface area contributed by atoms with Crippen molar-refractivity contribution in [3.63, 3.8) is 0 Å². The maximum absolute atomic E-state index is 12.5. The van der Waals surface area contributed by atoms with E-state index in [0.717, 1.165) is 37.2 Å². The van der Waals surface area contributed by atoms with E-state index in [-0.39, 0.29) is 5.91 Å². The van der Waals surface area contributed by atoms with Crippen molar-refractivity contribution in [3.8, 4) is 0 Å². The molecule has 1 aromatic carbocycles. The minimum atomic E-state index is 0.142. The molecule has 0 aliphatic carbocycles. The fourth-order valence-electron chi connectivity index (χ4n) is 2.47. The number of benzene rings is 1. The smallest absolute Gasteiger partial charge is 0.254 e. The van der Waals surface area contributed by atoms with Gasteiger partial charge in [0.15, 0.2) is 0 Å². The SMILES string of the molecule is CCC(C)N(CC)C(=O)c1ccc2c(c1)NCC2. The van der Waals surface area contributed by atoms with Crippen molar-refractivity contribution in [1.29, 1.82) is 0 Å². The number of carbonyl (C=O) groups is 1. The highest BCUT2D eigenvalue weighted by atomic mass is 16.2. The topological polar surface area (TPSA) is 32.3 Å². The number of amides is 1. The predicted octanol–water partition coefficient (Wildman–Crippen LogP) is 2.92. The average Bonchev–Trinajstić information content (AvgIpc) is 2.86. The molecule has 1 aliphatic rings. The van der Waals surface area contributed by atoms with Gasteiger partial charge in [0.25, 0.3) is 5.91 Å². The Hall–Kier alpha value is -1.51. The normalized spacial score (nSPS) is 14.8. The summed E-state index contributed by atoms with van der Waals surface area (Å²) in [7, 11) is 0. The van der Waals surface area contributed by atoms with Crippen molar-refractivity contribution in [2.24, 2.45) is 0 Å². The molecule has 3 nitrogen and oxygen atoms in total. The second-order valence-corrected chi connectivity index (χ2v) is 4.90. The Kier molecular flexibility index (Phi) is 3.90. The zero-order chi connectivity index (χ0) is 13.1. The third kappa shape index (κ3) is 2.35. The molecule has 2 rings (SSSR count). The summed E-state index contributed by atoms with van der Waals surface area (Å²) in [5.41, 5.74) is 3.24. The van der Waals surface area contributed by atoms with E-state index >= 15 is 0 Å². The molecule has 1 aliphatic heterocycles. The second-order valence-electron chi connectivity index (χ2n) is 4.90. The van der Waals surface area contributed by atoms with Crippen molar-refractivity contribution in [3.05, 3.63) is 29.3 Å². The minimum Gasteiger partial charge on any atom is -0.384 e. The molecule has 0 radical (unpaired) electrons. The van der Waals surface area contributed by atoms with Crippen LogP contribution >= 0.6 is 0 Å². The monoisotopic (exact) mass is 246 g/mol. The largest absolute Gasteiger partial charge is 0.384 e. The predicted molar refractivity (Wildman–Crippen MR) is 75.1 cm³/mol. The number of hydrogen-bond acceptors (Lipinski definition) is 2. The molecule has 98 valence electrons. The molecule has 1 atom stereocenters. The van der Waals surface area contributed by atoms with Gasteiger partial charge in [-0.2, -0.15) is 0 Å². The number of nitrogens with zero attached hydrogens (tertiary/aromatic N) is 1. The summed E-state index contributed by atoms with van der Waals surface area (Å²) >= 11 is 0. The van der Waals surface area contributed by atoms with Crippen LogP contribution in [0.5, 0.6) is 0 Å². The van der Waals surface area contributed by atoms with E-state index in [1.807, 2.05) is 24.0 Å². The van der Waals surface area contributed by atoms with Crippen LogP contribution in [0.15, 0.2) is 18.2 Å². The van der Waals surface area contributed by atoms with Crippen molar-refractivity contribution >= 4 is 11.6 Å². The first kappa shape index (κ1) is 12.9. The van der Waals surface area contributed by atoms with Crippen LogP contribution < -0.4 is 5.32 Å². The molecule has 3 heteroatoms. The molecule has 0 saturated heterocycles. The van der Waals surface area contributed by atoms with E-state index in [4.69, 9.17) is 0 Å². The number of rotatable bonds is 4. The average molecular weight is 246 g/mol. The summed E-state index contributed by atoms with van der Waals surface area (Å²) in [4.78, 5) is 14.4. The highest BCUT2D eigenvalue weighted by Gasteiger charge is 2.20. The van der Waals surface area contributed by atoms with Crippen LogP contribution in [-0.2, 0) is 6.42 Å². The molecule has 0 fully saturated rings. The lowest BCUT2D eigenvalue weighted by molar-refractivity contribution is 0.0700. The molecule has 1 amide bonds. The molecule has 0 bridgehead atoms. The molecule has 1 aromatic rings. The minimum absolute atomic E-state index is 0.142. The Morgan fingerprint density at radius 2 is 2.22 bits per heavy atom. The van der Waals surface area contributed by atoms with Crippen LogP contribution in [0.1, 0.15) is 43.1 Å². The maximum atomic E-state index is 12.5. The first-order chi connectivity index (χ1) is 8.67. The summed E-state index contributed by atoms with van der Waals surface area (Å²) in [6.07, 6.45) is 2.05. The van der Waals surface area contributed by atoms with Crippen LogP contribution in [0.25, 0.3) is 0 Å². The summed E-state index contributed by atoms with van der Waals surface area (Å²) in [6, 6.07) is 6.32. The van der Waals surface area contributed by atoms with Gasteiger partial charge in [-0.1, -0.05) is 13.0 Å². The summed E-state index contributed by atoms with van der Waals surface area (Å²) in [5, 5.41) is 3.32. The molecule has 1 heterocycles. The molecule has 1 unspecified atom stereocenters. The summed E-state index contributed by atoms with van der Waals surface area (Å²) < 4.78 is 0. The van der Waals surface area contributed by atoms with Crippen LogP contribution in [0.3, 0.4) is 0 Å². The lowest BCUT2D eigenvalue weighted by atomic mass is 10.1. The molecule has 18 heavy (non-hydrogen) atoms. The molecular weight excluding hydrogens is 224 g/mol. The standard InChI is InChI=1S/C15H22N2O/c1-4-11(3)17(5-2)15(18)13-7-6-12-8-9-16-14(12)10-13/h6-7,10-11,16H,4-5,8-9H2,1-3H3. The molecule has 0 spiro atoms. The van der Waals surface area contributed by atoms with Crippen LogP contribution in [-0.4, -0.2) is 29.9 Å². The highest BCUT2D eigenvalue weighted by Crippen LogP contribution is 2.24. The maximum Gasteiger partial charge on any atom is 0.254 e. The van der Waals surface area contributed by atoms with Gasteiger partial charge in [-0.05, 0) is 44.4 Å². The fraction of sp³-hybridized carbons (Fsp3) is 0.533. The second kappa shape index (κ2) is 5.42. The van der Waals surface area contributed by atoms with Gasteiger partial charge in [-0.15, -0.1) is 0 Å². The van der Waals surface area contributed by atoms with Crippen molar-refractivity contribution in [2.45, 2.75) is 39.7 Å². The first-order valence-corrected chi connectivity index (χ1v) is 6.85. The van der Waals surface area contributed by atoms with Gasteiger partial charge in [0, 0.05) is 30.4 Å². The zero-order valence-electron chi connectivity index (χ0n) is 11.5. The van der Waals surface area contributed by atoms with Gasteiger partial charge in [0.2, 0.25) is 0 Å². The van der Waals surface area contributed by atoms with E-state index in [0.29, 0.717) is 6.04 Å². The lowest BCUT2D eigenvalue weighted by Crippen LogP contribution is -2.38. The first-order valence-electron chi connectivity index (χ1n) is 6.85. The van der Waals surface area contributed by atoms with E-state index in [1.165, 1.54) is 5.56 Å². The molecular formula is C15H22N2O. The Balaban J connectivity index is 2.22. The van der Waals surface area contributed by atoms with Gasteiger partial charge < -0.3 is 10.2 Å². The Morgan fingerprint density at radius 1 is 1.44 bits per heavy atom.